The van der Waals surface area contributed by atoms with E-state index in [2.05, 4.69) is 39.8 Å². The molecule has 7 heteroatoms. The number of thiophene rings is 1. The van der Waals surface area contributed by atoms with E-state index < -0.39 is 0 Å². The summed E-state index contributed by atoms with van der Waals surface area (Å²) in [6.45, 7) is 4.44. The van der Waals surface area contributed by atoms with Gasteiger partial charge >= 0.3 is 0 Å². The molecule has 0 radical (unpaired) electrons. The molecule has 6 nitrogen and oxygen atoms in total. The molecule has 27 heavy (non-hydrogen) atoms. The van der Waals surface area contributed by atoms with Crippen molar-refractivity contribution in [3.8, 4) is 5.75 Å². The second-order valence-corrected chi connectivity index (χ2v) is 7.28. The van der Waals surface area contributed by atoms with E-state index in [1.807, 2.05) is 24.3 Å². The van der Waals surface area contributed by atoms with Gasteiger partial charge in [0.2, 0.25) is 0 Å². The average Bonchev–Trinajstić information content (AvgIpc) is 3.18. The Morgan fingerprint density at radius 2 is 2.07 bits per heavy atom. The van der Waals surface area contributed by atoms with Crippen LogP contribution in [-0.2, 0) is 17.7 Å². The van der Waals surface area contributed by atoms with Crippen LogP contribution in [0, 0.1) is 0 Å². The number of hydrogen-bond acceptors (Lipinski definition) is 5. The molecule has 148 valence electrons. The topological polar surface area (TPSA) is 72.1 Å². The first-order valence-corrected chi connectivity index (χ1v) is 10.0. The third kappa shape index (κ3) is 8.90. The molecule has 3 N–H and O–H groups in total. The van der Waals surface area contributed by atoms with Crippen LogP contribution in [-0.4, -0.2) is 57.9 Å². The van der Waals surface area contributed by atoms with Crippen molar-refractivity contribution in [1.29, 1.82) is 0 Å². The number of aliphatic imine (C=N–C) groups is 1. The Hall–Kier alpha value is -2.09. The van der Waals surface area contributed by atoms with Gasteiger partial charge < -0.3 is 25.4 Å². The van der Waals surface area contributed by atoms with Crippen LogP contribution in [0.4, 0.5) is 0 Å². The van der Waals surface area contributed by atoms with Crippen molar-refractivity contribution in [3.05, 3.63) is 52.2 Å². The van der Waals surface area contributed by atoms with Crippen LogP contribution in [0.3, 0.4) is 0 Å². The first-order valence-electron chi connectivity index (χ1n) is 9.13. The number of nitrogens with two attached hydrogens (primary N) is 1. The van der Waals surface area contributed by atoms with Gasteiger partial charge in [-0.25, -0.2) is 4.99 Å². The highest BCUT2D eigenvalue weighted by Crippen LogP contribution is 2.14. The monoisotopic (exact) mass is 390 g/mol. The van der Waals surface area contributed by atoms with Crippen LogP contribution < -0.4 is 15.8 Å². The Labute approximate surface area is 166 Å². The van der Waals surface area contributed by atoms with Crippen molar-refractivity contribution >= 4 is 17.3 Å². The summed E-state index contributed by atoms with van der Waals surface area (Å²) in [4.78, 5) is 7.93. The highest BCUT2D eigenvalue weighted by atomic mass is 32.1. The van der Waals surface area contributed by atoms with Gasteiger partial charge in [0.1, 0.15) is 12.4 Å². The van der Waals surface area contributed by atoms with Gasteiger partial charge in [-0.1, -0.05) is 18.2 Å². The van der Waals surface area contributed by atoms with Gasteiger partial charge in [-0.3, -0.25) is 0 Å². The number of hydrogen-bond donors (Lipinski definition) is 2. The van der Waals surface area contributed by atoms with Crippen LogP contribution >= 0.6 is 11.3 Å². The molecule has 1 aromatic heterocycles. The second kappa shape index (κ2) is 12.3. The van der Waals surface area contributed by atoms with Crippen molar-refractivity contribution in [1.82, 2.24) is 10.2 Å². The summed E-state index contributed by atoms with van der Waals surface area (Å²) in [5.41, 5.74) is 7.02. The van der Waals surface area contributed by atoms with Crippen molar-refractivity contribution in [2.45, 2.75) is 13.0 Å². The van der Waals surface area contributed by atoms with E-state index in [0.717, 1.165) is 44.0 Å². The van der Waals surface area contributed by atoms with Gasteiger partial charge in [0.05, 0.1) is 13.2 Å². The quantitative estimate of drug-likeness (QED) is 0.430. The third-order valence-corrected chi connectivity index (χ3v) is 4.94. The Morgan fingerprint density at radius 3 is 2.85 bits per heavy atom. The zero-order chi connectivity index (χ0) is 19.3. The summed E-state index contributed by atoms with van der Waals surface area (Å²) >= 11 is 1.75. The summed E-state index contributed by atoms with van der Waals surface area (Å²) < 4.78 is 10.9. The van der Waals surface area contributed by atoms with E-state index in [1.54, 1.807) is 18.4 Å². The van der Waals surface area contributed by atoms with Crippen molar-refractivity contribution in [3.63, 3.8) is 0 Å². The van der Waals surface area contributed by atoms with Gasteiger partial charge in [-0.2, -0.15) is 0 Å². The summed E-state index contributed by atoms with van der Waals surface area (Å²) in [6.07, 6.45) is 0.954. The van der Waals surface area contributed by atoms with Gasteiger partial charge in [0.25, 0.3) is 0 Å². The maximum Gasteiger partial charge on any atom is 0.188 e. The lowest BCUT2D eigenvalue weighted by Gasteiger charge is -2.16. The van der Waals surface area contributed by atoms with E-state index in [9.17, 15) is 0 Å². The van der Waals surface area contributed by atoms with E-state index in [4.69, 9.17) is 15.2 Å². The fourth-order valence-electron chi connectivity index (χ4n) is 2.41. The molecule has 0 aliphatic heterocycles. The maximum absolute atomic E-state index is 5.95. The van der Waals surface area contributed by atoms with Crippen LogP contribution in [0.5, 0.6) is 5.75 Å². The number of benzene rings is 1. The average molecular weight is 391 g/mol. The molecule has 1 heterocycles. The smallest absolute Gasteiger partial charge is 0.188 e. The number of nitrogens with zero attached hydrogens (tertiary/aromatic N) is 2. The minimum absolute atomic E-state index is 0.470. The molecule has 1 aromatic carbocycles. The molecule has 0 atom stereocenters. The number of methoxy groups -OCH3 is 1. The molecule has 0 amide bonds. The fraction of sp³-hybridized carbons (Fsp3) is 0.450. The SMILES string of the molecule is COCCN(C)CCOc1cccc(CN=C(N)NCCc2cccs2)c1. The van der Waals surface area contributed by atoms with Crippen LogP contribution in [0.1, 0.15) is 10.4 Å². The summed E-state index contributed by atoms with van der Waals surface area (Å²) in [6, 6.07) is 12.2. The van der Waals surface area contributed by atoms with Gasteiger partial charge in [-0.15, -0.1) is 11.3 Å². The summed E-state index contributed by atoms with van der Waals surface area (Å²) in [5, 5.41) is 5.24. The van der Waals surface area contributed by atoms with Crippen LogP contribution in [0.15, 0.2) is 46.8 Å². The zero-order valence-electron chi connectivity index (χ0n) is 16.2. The fourth-order valence-corrected chi connectivity index (χ4v) is 3.12. The predicted octanol–water partition coefficient (Wildman–Crippen LogP) is 2.35. The predicted molar refractivity (Wildman–Crippen MR) is 113 cm³/mol. The van der Waals surface area contributed by atoms with Crippen molar-refractivity contribution in [2.75, 3.05) is 47.0 Å². The van der Waals surface area contributed by atoms with Crippen molar-refractivity contribution < 1.29 is 9.47 Å². The molecule has 2 rings (SSSR count). The molecule has 0 spiro atoms. The van der Waals surface area contributed by atoms with Gasteiger partial charge in [0, 0.05) is 31.6 Å². The third-order valence-electron chi connectivity index (χ3n) is 4.01. The first-order chi connectivity index (χ1) is 13.2. The Balaban J connectivity index is 1.70. The number of ether oxygens (including phenoxy) is 2. The van der Waals surface area contributed by atoms with E-state index in [1.165, 1.54) is 4.88 Å². The number of guanidine groups is 1. The molecular weight excluding hydrogens is 360 g/mol. The molecular formula is C20H30N4O2S. The standard InChI is InChI=1S/C20H30N4O2S/c1-24(10-12-25-2)11-13-26-18-6-3-5-17(15-18)16-23-20(21)22-9-8-19-7-4-14-27-19/h3-7,14-15H,8-13,16H2,1-2H3,(H3,21,22,23). The molecule has 0 aliphatic carbocycles. The van der Waals surface area contributed by atoms with E-state index >= 15 is 0 Å². The van der Waals surface area contributed by atoms with E-state index in [-0.39, 0.29) is 0 Å². The number of likely N-dealkylation sites (N-methyl/N-ethyl adjacent to an activating group) is 1. The first kappa shape index (κ1) is 21.2. The summed E-state index contributed by atoms with van der Waals surface area (Å²) in [5.74, 6) is 1.32. The number of nitrogens with one attached hydrogen (secondary N) is 1. The molecule has 0 bridgehead atoms. The lowest BCUT2D eigenvalue weighted by atomic mass is 10.2. The molecule has 0 fully saturated rings. The van der Waals surface area contributed by atoms with Gasteiger partial charge in [-0.05, 0) is 42.6 Å². The highest BCUT2D eigenvalue weighted by molar-refractivity contribution is 7.09. The largest absolute Gasteiger partial charge is 0.492 e. The minimum Gasteiger partial charge on any atom is -0.492 e. The lowest BCUT2D eigenvalue weighted by Crippen LogP contribution is -2.33. The van der Waals surface area contributed by atoms with Gasteiger partial charge in [0.15, 0.2) is 5.96 Å². The molecule has 0 aliphatic rings. The molecule has 0 saturated heterocycles. The van der Waals surface area contributed by atoms with Crippen molar-refractivity contribution in [2.24, 2.45) is 10.7 Å². The van der Waals surface area contributed by atoms with Crippen LogP contribution in [0.25, 0.3) is 0 Å². The molecule has 2 aromatic rings. The Morgan fingerprint density at radius 1 is 1.22 bits per heavy atom. The molecule has 0 unspecified atom stereocenters. The minimum atomic E-state index is 0.470. The Bertz CT molecular complexity index is 676. The zero-order valence-corrected chi connectivity index (χ0v) is 17.0. The number of rotatable bonds is 12. The molecule has 0 saturated carbocycles. The van der Waals surface area contributed by atoms with E-state index in [0.29, 0.717) is 19.1 Å². The maximum atomic E-state index is 5.95. The second-order valence-electron chi connectivity index (χ2n) is 6.25. The lowest BCUT2D eigenvalue weighted by molar-refractivity contribution is 0.150. The van der Waals surface area contributed by atoms with Crippen LogP contribution in [0.2, 0.25) is 0 Å². The normalized spacial score (nSPS) is 11.7. The summed E-state index contributed by atoms with van der Waals surface area (Å²) in [7, 11) is 3.77. The highest BCUT2D eigenvalue weighted by Gasteiger charge is 2.01. The Kier molecular flexibility index (Phi) is 9.68.